The molecule has 1 aliphatic heterocycles. The van der Waals surface area contributed by atoms with E-state index in [2.05, 4.69) is 30.5 Å². The average Bonchev–Trinajstić information content (AvgIpc) is 2.49. The van der Waals surface area contributed by atoms with Gasteiger partial charge in [-0.15, -0.1) is 0 Å². The van der Waals surface area contributed by atoms with Crippen LogP contribution >= 0.6 is 0 Å². The van der Waals surface area contributed by atoms with Gasteiger partial charge in [-0.2, -0.15) is 0 Å². The Morgan fingerprint density at radius 1 is 1.38 bits per heavy atom. The Morgan fingerprint density at radius 2 is 2.19 bits per heavy atom. The SMILES string of the molecule is CC(C)CCOCCNC(=O)C1CCc2ccccc2N1. The molecule has 1 aromatic carbocycles. The zero-order valence-electron chi connectivity index (χ0n) is 13.0. The first-order valence-corrected chi connectivity index (χ1v) is 7.86. The molecular formula is C17H26N2O2. The van der Waals surface area contributed by atoms with Crippen LogP contribution in [0.25, 0.3) is 0 Å². The number of nitrogens with one attached hydrogen (secondary N) is 2. The fraction of sp³-hybridized carbons (Fsp3) is 0.588. The van der Waals surface area contributed by atoms with Gasteiger partial charge in [-0.3, -0.25) is 4.79 Å². The maximum Gasteiger partial charge on any atom is 0.242 e. The number of carbonyl (C=O) groups excluding carboxylic acids is 1. The van der Waals surface area contributed by atoms with Crippen molar-refractivity contribution in [3.63, 3.8) is 0 Å². The second kappa shape index (κ2) is 8.03. The molecule has 0 saturated carbocycles. The molecule has 1 aromatic rings. The summed E-state index contributed by atoms with van der Waals surface area (Å²) in [5.41, 5.74) is 2.37. The predicted octanol–water partition coefficient (Wildman–Crippen LogP) is 2.59. The van der Waals surface area contributed by atoms with Crippen LogP contribution in [0.5, 0.6) is 0 Å². The van der Waals surface area contributed by atoms with Crippen LogP contribution in [0.2, 0.25) is 0 Å². The van der Waals surface area contributed by atoms with E-state index in [9.17, 15) is 4.79 Å². The molecule has 4 nitrogen and oxygen atoms in total. The topological polar surface area (TPSA) is 50.4 Å². The number of ether oxygens (including phenoxy) is 1. The zero-order chi connectivity index (χ0) is 15.1. The molecule has 4 heteroatoms. The highest BCUT2D eigenvalue weighted by atomic mass is 16.5. The fourth-order valence-electron chi connectivity index (χ4n) is 2.43. The van der Waals surface area contributed by atoms with E-state index in [4.69, 9.17) is 4.74 Å². The van der Waals surface area contributed by atoms with Gasteiger partial charge in [-0.05, 0) is 36.8 Å². The molecule has 2 rings (SSSR count). The van der Waals surface area contributed by atoms with Crippen molar-refractivity contribution in [2.24, 2.45) is 5.92 Å². The van der Waals surface area contributed by atoms with E-state index in [1.165, 1.54) is 5.56 Å². The minimum atomic E-state index is -0.129. The Bertz CT molecular complexity index is 460. The molecule has 1 amide bonds. The molecule has 1 heterocycles. The summed E-state index contributed by atoms with van der Waals surface area (Å²) in [5, 5.41) is 6.26. The lowest BCUT2D eigenvalue weighted by Gasteiger charge is -2.26. The lowest BCUT2D eigenvalue weighted by Crippen LogP contribution is -2.42. The largest absolute Gasteiger partial charge is 0.380 e. The molecule has 0 spiro atoms. The van der Waals surface area contributed by atoms with Gasteiger partial charge in [0.15, 0.2) is 0 Å². The maximum absolute atomic E-state index is 12.1. The second-order valence-corrected chi connectivity index (χ2v) is 5.98. The molecule has 116 valence electrons. The molecule has 0 aromatic heterocycles. The minimum absolute atomic E-state index is 0.0666. The van der Waals surface area contributed by atoms with E-state index in [-0.39, 0.29) is 11.9 Å². The van der Waals surface area contributed by atoms with Crippen molar-refractivity contribution in [2.75, 3.05) is 25.1 Å². The Morgan fingerprint density at radius 3 is 3.00 bits per heavy atom. The van der Waals surface area contributed by atoms with Crippen molar-refractivity contribution < 1.29 is 9.53 Å². The van der Waals surface area contributed by atoms with Crippen molar-refractivity contribution in [2.45, 2.75) is 39.2 Å². The van der Waals surface area contributed by atoms with E-state index in [0.29, 0.717) is 19.1 Å². The number of rotatable bonds is 7. The number of fused-ring (bicyclic) bond motifs is 1. The molecule has 0 radical (unpaired) electrons. The van der Waals surface area contributed by atoms with Crippen LogP contribution in [-0.2, 0) is 16.0 Å². The lowest BCUT2D eigenvalue weighted by atomic mass is 9.98. The van der Waals surface area contributed by atoms with Gasteiger partial charge in [-0.25, -0.2) is 0 Å². The minimum Gasteiger partial charge on any atom is -0.380 e. The van der Waals surface area contributed by atoms with Crippen molar-refractivity contribution in [1.82, 2.24) is 5.32 Å². The van der Waals surface area contributed by atoms with Crippen LogP contribution in [0.4, 0.5) is 5.69 Å². The van der Waals surface area contributed by atoms with Gasteiger partial charge in [-0.1, -0.05) is 32.0 Å². The van der Waals surface area contributed by atoms with Crippen molar-refractivity contribution >= 4 is 11.6 Å². The van der Waals surface area contributed by atoms with E-state index < -0.39 is 0 Å². The van der Waals surface area contributed by atoms with Gasteiger partial charge < -0.3 is 15.4 Å². The monoisotopic (exact) mass is 290 g/mol. The number of aryl methyl sites for hydroxylation is 1. The molecule has 0 fully saturated rings. The normalized spacial score (nSPS) is 17.2. The average molecular weight is 290 g/mol. The summed E-state index contributed by atoms with van der Waals surface area (Å²) in [5.74, 6) is 0.725. The molecule has 1 atom stereocenters. The van der Waals surface area contributed by atoms with Crippen molar-refractivity contribution in [3.05, 3.63) is 29.8 Å². The number of para-hydroxylation sites is 1. The predicted molar refractivity (Wildman–Crippen MR) is 85.5 cm³/mol. The Labute approximate surface area is 127 Å². The van der Waals surface area contributed by atoms with Gasteiger partial charge >= 0.3 is 0 Å². The molecule has 2 N–H and O–H groups in total. The highest BCUT2D eigenvalue weighted by Crippen LogP contribution is 2.24. The van der Waals surface area contributed by atoms with Gasteiger partial charge in [0.25, 0.3) is 0 Å². The Balaban J connectivity index is 1.66. The van der Waals surface area contributed by atoms with E-state index >= 15 is 0 Å². The van der Waals surface area contributed by atoms with E-state index in [1.807, 2.05) is 18.2 Å². The third-order valence-corrected chi connectivity index (χ3v) is 3.75. The van der Waals surface area contributed by atoms with Crippen LogP contribution in [0.1, 0.15) is 32.3 Å². The summed E-state index contributed by atoms with van der Waals surface area (Å²) in [6, 6.07) is 8.04. The number of carbonyl (C=O) groups is 1. The lowest BCUT2D eigenvalue weighted by molar-refractivity contribution is -0.122. The van der Waals surface area contributed by atoms with Crippen LogP contribution in [0.15, 0.2) is 24.3 Å². The van der Waals surface area contributed by atoms with Crippen LogP contribution in [0.3, 0.4) is 0 Å². The quantitative estimate of drug-likeness (QED) is 0.759. The third-order valence-electron chi connectivity index (χ3n) is 3.75. The van der Waals surface area contributed by atoms with E-state index in [0.717, 1.165) is 31.6 Å². The molecule has 1 unspecified atom stereocenters. The number of benzene rings is 1. The highest BCUT2D eigenvalue weighted by Gasteiger charge is 2.22. The van der Waals surface area contributed by atoms with Crippen LogP contribution < -0.4 is 10.6 Å². The second-order valence-electron chi connectivity index (χ2n) is 5.98. The third kappa shape index (κ3) is 5.05. The number of anilines is 1. The Kier molecular flexibility index (Phi) is 6.05. The summed E-state index contributed by atoms with van der Waals surface area (Å²) >= 11 is 0. The Hall–Kier alpha value is -1.55. The summed E-state index contributed by atoms with van der Waals surface area (Å²) in [4.78, 5) is 12.1. The molecule has 21 heavy (non-hydrogen) atoms. The number of hydrogen-bond donors (Lipinski definition) is 2. The standard InChI is InChI=1S/C17H26N2O2/c1-13(2)9-11-21-12-10-18-17(20)16-8-7-14-5-3-4-6-15(14)19-16/h3-6,13,16,19H,7-12H2,1-2H3,(H,18,20). The van der Waals surface area contributed by atoms with Crippen molar-refractivity contribution in [3.8, 4) is 0 Å². The number of hydrogen-bond acceptors (Lipinski definition) is 3. The summed E-state index contributed by atoms with van der Waals surface area (Å²) in [6.45, 7) is 6.29. The molecular weight excluding hydrogens is 264 g/mol. The molecule has 0 bridgehead atoms. The fourth-order valence-corrected chi connectivity index (χ4v) is 2.43. The molecule has 0 aliphatic carbocycles. The van der Waals surface area contributed by atoms with Gasteiger partial charge in [0.2, 0.25) is 5.91 Å². The van der Waals surface area contributed by atoms with Gasteiger partial charge in [0.05, 0.1) is 6.61 Å². The van der Waals surface area contributed by atoms with E-state index in [1.54, 1.807) is 0 Å². The maximum atomic E-state index is 12.1. The summed E-state index contributed by atoms with van der Waals surface area (Å²) in [6.07, 6.45) is 2.86. The summed E-state index contributed by atoms with van der Waals surface area (Å²) < 4.78 is 5.50. The smallest absolute Gasteiger partial charge is 0.242 e. The first kappa shape index (κ1) is 15.8. The molecule has 1 aliphatic rings. The van der Waals surface area contributed by atoms with Gasteiger partial charge in [0.1, 0.15) is 6.04 Å². The number of amides is 1. The van der Waals surface area contributed by atoms with Crippen molar-refractivity contribution in [1.29, 1.82) is 0 Å². The van der Waals surface area contributed by atoms with Crippen LogP contribution in [0, 0.1) is 5.92 Å². The zero-order valence-corrected chi connectivity index (χ0v) is 13.0. The van der Waals surface area contributed by atoms with Gasteiger partial charge in [0, 0.05) is 18.8 Å². The first-order chi connectivity index (χ1) is 10.2. The highest BCUT2D eigenvalue weighted by molar-refractivity contribution is 5.85. The first-order valence-electron chi connectivity index (χ1n) is 7.86. The molecule has 0 saturated heterocycles. The van der Waals surface area contributed by atoms with Crippen LogP contribution in [-0.4, -0.2) is 31.7 Å². The summed E-state index contributed by atoms with van der Waals surface area (Å²) in [7, 11) is 0.